The van der Waals surface area contributed by atoms with Crippen LogP contribution in [0, 0.1) is 0 Å². The van der Waals surface area contributed by atoms with Crippen LogP contribution in [0.2, 0.25) is 0 Å². The molecule has 1 aliphatic heterocycles. The minimum atomic E-state index is -3.45. The lowest BCUT2D eigenvalue weighted by molar-refractivity contribution is 0.362. The van der Waals surface area contributed by atoms with Gasteiger partial charge in [-0.05, 0) is 15.9 Å². The standard InChI is InChI=1S/C7H11BrN4O2S2/c8-6-5-10-7(15-6)11-16(13,14)12-3-1-9-2-4-12/h5,9H,1-4H2,(H,10,11). The molecule has 0 saturated carbocycles. The summed E-state index contributed by atoms with van der Waals surface area (Å²) in [4.78, 5) is 3.93. The van der Waals surface area contributed by atoms with Crippen LogP contribution >= 0.6 is 27.3 Å². The van der Waals surface area contributed by atoms with Crippen molar-refractivity contribution in [3.63, 3.8) is 0 Å². The van der Waals surface area contributed by atoms with Gasteiger partial charge in [0.1, 0.15) is 0 Å². The smallest absolute Gasteiger partial charge is 0.303 e. The lowest BCUT2D eigenvalue weighted by Crippen LogP contribution is -2.48. The molecule has 9 heteroatoms. The van der Waals surface area contributed by atoms with Gasteiger partial charge in [-0.25, -0.2) is 9.71 Å². The molecule has 0 radical (unpaired) electrons. The number of nitrogens with one attached hydrogen (secondary N) is 2. The number of hydrogen-bond acceptors (Lipinski definition) is 5. The summed E-state index contributed by atoms with van der Waals surface area (Å²) in [5, 5.41) is 3.48. The number of anilines is 1. The summed E-state index contributed by atoms with van der Waals surface area (Å²) in [6, 6.07) is 0. The van der Waals surface area contributed by atoms with Crippen LogP contribution in [0.1, 0.15) is 0 Å². The highest BCUT2D eigenvalue weighted by atomic mass is 79.9. The zero-order chi connectivity index (χ0) is 11.6. The Labute approximate surface area is 106 Å². The molecule has 0 aliphatic carbocycles. The van der Waals surface area contributed by atoms with Gasteiger partial charge in [-0.3, -0.25) is 0 Å². The van der Waals surface area contributed by atoms with Crippen molar-refractivity contribution in [3.8, 4) is 0 Å². The average molecular weight is 327 g/mol. The second kappa shape index (κ2) is 4.96. The summed E-state index contributed by atoms with van der Waals surface area (Å²) in [6.07, 6.45) is 1.57. The van der Waals surface area contributed by atoms with Crippen molar-refractivity contribution in [3.05, 3.63) is 9.98 Å². The van der Waals surface area contributed by atoms with E-state index in [4.69, 9.17) is 0 Å². The first-order chi connectivity index (χ1) is 7.58. The zero-order valence-electron chi connectivity index (χ0n) is 8.31. The van der Waals surface area contributed by atoms with E-state index in [-0.39, 0.29) is 0 Å². The predicted octanol–water partition coefficient (Wildman–Crippen LogP) is 0.467. The normalized spacial score (nSPS) is 18.6. The van der Waals surface area contributed by atoms with Crippen LogP contribution in [-0.2, 0) is 10.2 Å². The van der Waals surface area contributed by atoms with Gasteiger partial charge in [0, 0.05) is 26.2 Å². The molecule has 0 amide bonds. The number of hydrogen-bond donors (Lipinski definition) is 2. The van der Waals surface area contributed by atoms with Crippen LogP contribution in [0.5, 0.6) is 0 Å². The number of halogens is 1. The Morgan fingerprint density at radius 2 is 2.19 bits per heavy atom. The van der Waals surface area contributed by atoms with Crippen molar-refractivity contribution in [1.82, 2.24) is 14.6 Å². The van der Waals surface area contributed by atoms with Crippen molar-refractivity contribution < 1.29 is 8.42 Å². The van der Waals surface area contributed by atoms with E-state index in [1.54, 1.807) is 6.20 Å². The largest absolute Gasteiger partial charge is 0.314 e. The number of thiazole rings is 1. The molecule has 0 unspecified atom stereocenters. The summed E-state index contributed by atoms with van der Waals surface area (Å²) in [5.74, 6) is 0. The van der Waals surface area contributed by atoms with Crippen molar-refractivity contribution in [2.24, 2.45) is 0 Å². The maximum absolute atomic E-state index is 11.9. The third-order valence-electron chi connectivity index (χ3n) is 2.11. The van der Waals surface area contributed by atoms with Crippen molar-refractivity contribution in [2.75, 3.05) is 30.9 Å². The molecule has 0 atom stereocenters. The van der Waals surface area contributed by atoms with Gasteiger partial charge in [-0.1, -0.05) is 11.3 Å². The third-order valence-corrected chi connectivity index (χ3v) is 5.13. The fraction of sp³-hybridized carbons (Fsp3) is 0.571. The second-order valence-corrected chi connectivity index (χ2v) is 7.31. The van der Waals surface area contributed by atoms with Gasteiger partial charge in [-0.2, -0.15) is 12.7 Å². The summed E-state index contributed by atoms with van der Waals surface area (Å²) < 4.78 is 28.5. The molecule has 16 heavy (non-hydrogen) atoms. The topological polar surface area (TPSA) is 74.3 Å². The highest BCUT2D eigenvalue weighted by molar-refractivity contribution is 9.11. The number of aromatic nitrogens is 1. The highest BCUT2D eigenvalue weighted by Gasteiger charge is 2.24. The van der Waals surface area contributed by atoms with Crippen molar-refractivity contribution in [1.29, 1.82) is 0 Å². The van der Waals surface area contributed by atoms with Gasteiger partial charge >= 0.3 is 10.2 Å². The van der Waals surface area contributed by atoms with Gasteiger partial charge < -0.3 is 5.32 Å². The van der Waals surface area contributed by atoms with Crippen LogP contribution in [0.15, 0.2) is 9.98 Å². The van der Waals surface area contributed by atoms with Crippen LogP contribution < -0.4 is 10.0 Å². The summed E-state index contributed by atoms with van der Waals surface area (Å²) in [5.41, 5.74) is 0. The number of rotatable bonds is 3. The lowest BCUT2D eigenvalue weighted by atomic mass is 10.4. The molecule has 6 nitrogen and oxygen atoms in total. The van der Waals surface area contributed by atoms with Crippen LogP contribution in [0.25, 0.3) is 0 Å². The van der Waals surface area contributed by atoms with Crippen molar-refractivity contribution >= 4 is 42.6 Å². The molecule has 2 heterocycles. The van der Waals surface area contributed by atoms with E-state index in [1.807, 2.05) is 0 Å². The highest BCUT2D eigenvalue weighted by Crippen LogP contribution is 2.24. The molecule has 1 aromatic rings. The Morgan fingerprint density at radius 3 is 2.75 bits per heavy atom. The molecule has 0 bridgehead atoms. The van der Waals surface area contributed by atoms with Crippen LogP contribution in [-0.4, -0.2) is 43.9 Å². The Balaban J connectivity index is 2.07. The fourth-order valence-corrected chi connectivity index (χ4v) is 3.87. The molecule has 2 N–H and O–H groups in total. The van der Waals surface area contributed by atoms with Gasteiger partial charge in [-0.15, -0.1) is 0 Å². The summed E-state index contributed by atoms with van der Waals surface area (Å²) >= 11 is 4.48. The molecule has 2 rings (SSSR count). The first-order valence-electron chi connectivity index (χ1n) is 4.68. The van der Waals surface area contributed by atoms with Gasteiger partial charge in [0.05, 0.1) is 9.98 Å². The Morgan fingerprint density at radius 1 is 1.50 bits per heavy atom. The first-order valence-corrected chi connectivity index (χ1v) is 7.73. The van der Waals surface area contributed by atoms with Crippen LogP contribution in [0.3, 0.4) is 0 Å². The monoisotopic (exact) mass is 326 g/mol. The van der Waals surface area contributed by atoms with E-state index in [9.17, 15) is 8.42 Å². The van der Waals surface area contributed by atoms with Gasteiger partial charge in [0.25, 0.3) is 0 Å². The minimum Gasteiger partial charge on any atom is -0.314 e. The van der Waals surface area contributed by atoms with E-state index >= 15 is 0 Å². The Bertz CT molecular complexity index is 455. The first kappa shape index (κ1) is 12.2. The number of piperazine rings is 1. The van der Waals surface area contributed by atoms with Gasteiger partial charge in [0.15, 0.2) is 5.13 Å². The molecule has 1 aromatic heterocycles. The Hall–Kier alpha value is -0.220. The molecule has 1 saturated heterocycles. The molecular weight excluding hydrogens is 316 g/mol. The molecular formula is C7H11BrN4O2S2. The third kappa shape index (κ3) is 2.92. The summed E-state index contributed by atoms with van der Waals surface area (Å²) in [7, 11) is -3.45. The second-order valence-electron chi connectivity index (χ2n) is 3.23. The zero-order valence-corrected chi connectivity index (χ0v) is 11.5. The Kier molecular flexibility index (Phi) is 3.80. The maximum atomic E-state index is 11.9. The quantitative estimate of drug-likeness (QED) is 0.846. The fourth-order valence-electron chi connectivity index (χ4n) is 1.36. The lowest BCUT2D eigenvalue weighted by Gasteiger charge is -2.26. The maximum Gasteiger partial charge on any atom is 0.303 e. The van der Waals surface area contributed by atoms with Crippen molar-refractivity contribution in [2.45, 2.75) is 0 Å². The number of nitrogens with zero attached hydrogens (tertiary/aromatic N) is 2. The van der Waals surface area contributed by atoms with E-state index in [0.29, 0.717) is 31.3 Å². The molecule has 1 fully saturated rings. The minimum absolute atomic E-state index is 0.380. The molecule has 0 spiro atoms. The molecule has 90 valence electrons. The van der Waals surface area contributed by atoms with Gasteiger partial charge in [0.2, 0.25) is 0 Å². The van der Waals surface area contributed by atoms with E-state index in [1.165, 1.54) is 15.6 Å². The average Bonchev–Trinajstić information content (AvgIpc) is 2.64. The molecule has 1 aliphatic rings. The molecule has 0 aromatic carbocycles. The van der Waals surface area contributed by atoms with E-state index in [2.05, 4.69) is 31.0 Å². The summed E-state index contributed by atoms with van der Waals surface area (Å²) in [6.45, 7) is 2.34. The SMILES string of the molecule is O=S(=O)(Nc1ncc(Br)s1)N1CCNCC1. The van der Waals surface area contributed by atoms with E-state index in [0.717, 1.165) is 3.79 Å². The van der Waals surface area contributed by atoms with E-state index < -0.39 is 10.2 Å². The predicted molar refractivity (Wildman–Crippen MR) is 66.8 cm³/mol. The van der Waals surface area contributed by atoms with Crippen LogP contribution in [0.4, 0.5) is 5.13 Å².